The van der Waals surface area contributed by atoms with Gasteiger partial charge in [-0.25, -0.2) is 0 Å². The van der Waals surface area contributed by atoms with E-state index in [0.717, 1.165) is 25.7 Å². The summed E-state index contributed by atoms with van der Waals surface area (Å²) in [6, 6.07) is 0. The molecule has 3 nitrogen and oxygen atoms in total. The SMILES string of the molecule is CC12CCC3C(C(=O)CC4CC(=O)CCC43C)C1CCC2=O. The van der Waals surface area contributed by atoms with Crippen LogP contribution in [-0.4, -0.2) is 17.3 Å². The molecule has 0 saturated heterocycles. The Labute approximate surface area is 132 Å². The third kappa shape index (κ3) is 1.71. The van der Waals surface area contributed by atoms with Crippen LogP contribution >= 0.6 is 0 Å². The summed E-state index contributed by atoms with van der Waals surface area (Å²) in [4.78, 5) is 37.1. The number of hydrogen-bond donors (Lipinski definition) is 0. The first kappa shape index (κ1) is 14.6. The van der Waals surface area contributed by atoms with Crippen molar-refractivity contribution in [2.75, 3.05) is 0 Å². The average molecular weight is 302 g/mol. The van der Waals surface area contributed by atoms with Crippen molar-refractivity contribution < 1.29 is 14.4 Å². The number of carbonyl (C=O) groups is 3. The second-order valence-corrected chi connectivity index (χ2v) is 8.77. The van der Waals surface area contributed by atoms with Gasteiger partial charge in [0.15, 0.2) is 0 Å². The molecule has 4 aliphatic carbocycles. The van der Waals surface area contributed by atoms with Crippen molar-refractivity contribution in [3.05, 3.63) is 0 Å². The van der Waals surface area contributed by atoms with Gasteiger partial charge in [0.2, 0.25) is 0 Å². The van der Waals surface area contributed by atoms with E-state index in [4.69, 9.17) is 0 Å². The summed E-state index contributed by atoms with van der Waals surface area (Å²) in [6.07, 6.45) is 6.32. The van der Waals surface area contributed by atoms with Gasteiger partial charge in [-0.1, -0.05) is 13.8 Å². The van der Waals surface area contributed by atoms with Gasteiger partial charge in [0.25, 0.3) is 0 Å². The molecule has 0 radical (unpaired) electrons. The van der Waals surface area contributed by atoms with E-state index in [1.54, 1.807) is 0 Å². The fourth-order valence-corrected chi connectivity index (χ4v) is 6.50. The normalized spacial score (nSPS) is 51.3. The smallest absolute Gasteiger partial charge is 0.139 e. The highest BCUT2D eigenvalue weighted by Gasteiger charge is 2.62. The minimum absolute atomic E-state index is 0.0830. The second kappa shape index (κ2) is 4.52. The van der Waals surface area contributed by atoms with Crippen LogP contribution in [0.4, 0.5) is 0 Å². The molecule has 6 unspecified atom stereocenters. The molecule has 22 heavy (non-hydrogen) atoms. The van der Waals surface area contributed by atoms with Gasteiger partial charge < -0.3 is 0 Å². The Bertz CT molecular complexity index is 565. The van der Waals surface area contributed by atoms with Crippen LogP contribution in [0.1, 0.15) is 65.2 Å². The van der Waals surface area contributed by atoms with Crippen LogP contribution in [0.2, 0.25) is 0 Å². The van der Waals surface area contributed by atoms with E-state index in [2.05, 4.69) is 13.8 Å². The molecule has 0 heterocycles. The highest BCUT2D eigenvalue weighted by molar-refractivity contribution is 5.91. The maximum Gasteiger partial charge on any atom is 0.139 e. The Morgan fingerprint density at radius 2 is 1.68 bits per heavy atom. The lowest BCUT2D eigenvalue weighted by Crippen LogP contribution is -2.57. The first-order chi connectivity index (χ1) is 10.4. The molecule has 4 rings (SSSR count). The van der Waals surface area contributed by atoms with E-state index in [-0.39, 0.29) is 28.6 Å². The van der Waals surface area contributed by atoms with Crippen LogP contribution in [-0.2, 0) is 14.4 Å². The molecule has 0 bridgehead atoms. The van der Waals surface area contributed by atoms with Crippen LogP contribution in [0.15, 0.2) is 0 Å². The molecule has 4 saturated carbocycles. The topological polar surface area (TPSA) is 51.2 Å². The second-order valence-electron chi connectivity index (χ2n) is 8.77. The summed E-state index contributed by atoms with van der Waals surface area (Å²) in [5.74, 6) is 2.08. The Morgan fingerprint density at radius 3 is 2.45 bits per heavy atom. The number of hydrogen-bond acceptors (Lipinski definition) is 3. The number of Topliss-reactive ketones (excluding diaryl/α,β-unsaturated/α-hetero) is 3. The molecule has 4 fully saturated rings. The van der Waals surface area contributed by atoms with Gasteiger partial charge in [0.1, 0.15) is 17.3 Å². The highest BCUT2D eigenvalue weighted by Crippen LogP contribution is 2.64. The molecule has 0 spiro atoms. The van der Waals surface area contributed by atoms with Gasteiger partial charge in [-0.05, 0) is 48.9 Å². The molecule has 3 heteroatoms. The fraction of sp³-hybridized carbons (Fsp3) is 0.842. The van der Waals surface area contributed by atoms with Crippen LogP contribution in [0.3, 0.4) is 0 Å². The lowest BCUT2D eigenvalue weighted by atomic mass is 9.45. The molecule has 0 amide bonds. The van der Waals surface area contributed by atoms with E-state index < -0.39 is 0 Å². The predicted octanol–water partition coefficient (Wildman–Crippen LogP) is 3.35. The van der Waals surface area contributed by atoms with Crippen molar-refractivity contribution in [1.82, 2.24) is 0 Å². The van der Waals surface area contributed by atoms with Crippen LogP contribution in [0, 0.1) is 34.5 Å². The van der Waals surface area contributed by atoms with Gasteiger partial charge in [-0.2, -0.15) is 0 Å². The van der Waals surface area contributed by atoms with E-state index in [1.807, 2.05) is 0 Å². The van der Waals surface area contributed by atoms with Crippen LogP contribution in [0.25, 0.3) is 0 Å². The van der Waals surface area contributed by atoms with Crippen molar-refractivity contribution in [2.24, 2.45) is 34.5 Å². The summed E-state index contributed by atoms with van der Waals surface area (Å²) in [6.45, 7) is 4.43. The Morgan fingerprint density at radius 1 is 0.909 bits per heavy atom. The molecule has 0 N–H and O–H groups in total. The largest absolute Gasteiger partial charge is 0.300 e. The Kier molecular flexibility index (Phi) is 3.00. The monoisotopic (exact) mass is 302 g/mol. The first-order valence-corrected chi connectivity index (χ1v) is 8.94. The highest BCUT2D eigenvalue weighted by atomic mass is 16.1. The van der Waals surface area contributed by atoms with Crippen molar-refractivity contribution >= 4 is 17.3 Å². The van der Waals surface area contributed by atoms with Gasteiger partial charge >= 0.3 is 0 Å². The average Bonchev–Trinajstić information content (AvgIpc) is 2.77. The zero-order valence-corrected chi connectivity index (χ0v) is 13.7. The lowest BCUT2D eigenvalue weighted by Gasteiger charge is -2.58. The molecule has 120 valence electrons. The van der Waals surface area contributed by atoms with Crippen LogP contribution < -0.4 is 0 Å². The maximum atomic E-state index is 12.9. The summed E-state index contributed by atoms with van der Waals surface area (Å²) in [7, 11) is 0. The summed E-state index contributed by atoms with van der Waals surface area (Å²) in [5, 5.41) is 0. The summed E-state index contributed by atoms with van der Waals surface area (Å²) >= 11 is 0. The zero-order valence-electron chi connectivity index (χ0n) is 13.7. The Hall–Kier alpha value is -0.990. The third-order valence-electron chi connectivity index (χ3n) is 8.00. The van der Waals surface area contributed by atoms with E-state index >= 15 is 0 Å². The van der Waals surface area contributed by atoms with E-state index in [0.29, 0.717) is 49.0 Å². The molecule has 0 aromatic heterocycles. The molecule has 0 aliphatic heterocycles. The summed E-state index contributed by atoms with van der Waals surface area (Å²) in [5.41, 5.74) is -0.107. The van der Waals surface area contributed by atoms with Gasteiger partial charge in [0, 0.05) is 37.0 Å². The summed E-state index contributed by atoms with van der Waals surface area (Å²) < 4.78 is 0. The standard InChI is InChI=1S/C19H26O3/c1-18-7-5-12(20)9-11(18)10-15(21)17-13-3-4-16(22)19(13,2)8-6-14(17)18/h11,13-14,17H,3-10H2,1-2H3. The van der Waals surface area contributed by atoms with Gasteiger partial charge in [0.05, 0.1) is 0 Å². The van der Waals surface area contributed by atoms with E-state index in [9.17, 15) is 14.4 Å². The molecular weight excluding hydrogens is 276 g/mol. The van der Waals surface area contributed by atoms with Gasteiger partial charge in [-0.3, -0.25) is 14.4 Å². The fourth-order valence-electron chi connectivity index (χ4n) is 6.50. The molecule has 0 aromatic rings. The minimum atomic E-state index is -0.246. The molecule has 6 atom stereocenters. The third-order valence-corrected chi connectivity index (χ3v) is 8.00. The predicted molar refractivity (Wildman–Crippen MR) is 82.1 cm³/mol. The van der Waals surface area contributed by atoms with Crippen molar-refractivity contribution in [1.29, 1.82) is 0 Å². The number of carbonyl (C=O) groups excluding carboxylic acids is 3. The van der Waals surface area contributed by atoms with Crippen LogP contribution in [0.5, 0.6) is 0 Å². The van der Waals surface area contributed by atoms with Crippen molar-refractivity contribution in [3.8, 4) is 0 Å². The van der Waals surface area contributed by atoms with E-state index in [1.165, 1.54) is 0 Å². The van der Waals surface area contributed by atoms with Crippen molar-refractivity contribution in [3.63, 3.8) is 0 Å². The van der Waals surface area contributed by atoms with Crippen molar-refractivity contribution in [2.45, 2.75) is 65.2 Å². The molecule has 4 aliphatic rings. The number of rotatable bonds is 0. The number of ketones is 3. The molecular formula is C19H26O3. The van der Waals surface area contributed by atoms with Gasteiger partial charge in [-0.15, -0.1) is 0 Å². The number of fused-ring (bicyclic) bond motifs is 5. The zero-order chi connectivity index (χ0) is 15.7. The Balaban J connectivity index is 1.72. The maximum absolute atomic E-state index is 12.9. The quantitative estimate of drug-likeness (QED) is 0.689. The lowest BCUT2D eigenvalue weighted by molar-refractivity contribution is -0.158. The molecule has 0 aromatic carbocycles. The first-order valence-electron chi connectivity index (χ1n) is 8.94. The minimum Gasteiger partial charge on any atom is -0.300 e.